The van der Waals surface area contributed by atoms with Crippen LogP contribution in [0.15, 0.2) is 12.1 Å². The third-order valence-electron chi connectivity index (χ3n) is 2.23. The second-order valence-electron chi connectivity index (χ2n) is 3.57. The highest BCUT2D eigenvalue weighted by atomic mass is 32.2. The molecule has 1 aromatic rings. The molecule has 1 rings (SSSR count). The molecule has 0 saturated carbocycles. The molecule has 6 nitrogen and oxygen atoms in total. The van der Waals surface area contributed by atoms with Gasteiger partial charge in [0.05, 0.1) is 19.8 Å². The first-order valence-electron chi connectivity index (χ1n) is 5.10. The van der Waals surface area contributed by atoms with Crippen LogP contribution in [-0.4, -0.2) is 42.0 Å². The van der Waals surface area contributed by atoms with Crippen molar-refractivity contribution in [2.45, 2.75) is 5.51 Å². The van der Waals surface area contributed by atoms with E-state index in [1.807, 2.05) is 0 Å². The van der Waals surface area contributed by atoms with Crippen LogP contribution in [-0.2, 0) is 14.9 Å². The molecule has 0 aliphatic heterocycles. The van der Waals surface area contributed by atoms with Crippen molar-refractivity contribution in [3.63, 3.8) is 0 Å². The number of hydrogen-bond donors (Lipinski definition) is 0. The first-order chi connectivity index (χ1) is 9.53. The Balaban J connectivity index is 3.39. The summed E-state index contributed by atoms with van der Waals surface area (Å²) in [5.74, 6) is -2.08. The lowest BCUT2D eigenvalue weighted by Crippen LogP contribution is -2.30. The standard InChI is InChI=1S/C10H8BF3O6S/c1-18-6-3-5(9(15)19-2)4-7(8(6)11)20-21(16,17)10(12,13)14/h3-4H,1-2H3. The van der Waals surface area contributed by atoms with E-state index in [9.17, 15) is 26.4 Å². The first-order valence-corrected chi connectivity index (χ1v) is 6.51. The van der Waals surface area contributed by atoms with Crippen molar-refractivity contribution in [3.8, 4) is 11.5 Å². The van der Waals surface area contributed by atoms with Crippen LogP contribution < -0.4 is 14.4 Å². The third kappa shape index (κ3) is 3.60. The summed E-state index contributed by atoms with van der Waals surface area (Å²) in [6.07, 6.45) is 0. The van der Waals surface area contributed by atoms with E-state index in [0.29, 0.717) is 6.07 Å². The minimum Gasteiger partial charge on any atom is -0.497 e. The lowest BCUT2D eigenvalue weighted by molar-refractivity contribution is -0.0499. The molecule has 0 bridgehead atoms. The van der Waals surface area contributed by atoms with Gasteiger partial charge in [0.25, 0.3) is 0 Å². The summed E-state index contributed by atoms with van der Waals surface area (Å²) in [6.45, 7) is 0. The number of hydrogen-bond acceptors (Lipinski definition) is 6. The van der Waals surface area contributed by atoms with Crippen LogP contribution in [0.5, 0.6) is 11.5 Å². The molecule has 0 atom stereocenters. The SMILES string of the molecule is [B]c1c(OC)cc(C(=O)OC)cc1OS(=O)(=O)C(F)(F)F. The second-order valence-corrected chi connectivity index (χ2v) is 5.10. The zero-order chi connectivity index (χ0) is 16.4. The number of halogens is 3. The number of esters is 1. The van der Waals surface area contributed by atoms with E-state index in [0.717, 1.165) is 20.3 Å². The summed E-state index contributed by atoms with van der Waals surface area (Å²) in [5.41, 5.74) is -6.46. The number of carbonyl (C=O) groups is 1. The van der Waals surface area contributed by atoms with Gasteiger partial charge in [0.1, 0.15) is 19.3 Å². The lowest BCUT2D eigenvalue weighted by atomic mass is 9.92. The predicted octanol–water partition coefficient (Wildman–Crippen LogP) is 0.504. The van der Waals surface area contributed by atoms with Crippen molar-refractivity contribution < 1.29 is 40.0 Å². The molecule has 1 aromatic carbocycles. The Hall–Kier alpha value is -1.91. The molecule has 114 valence electrons. The monoisotopic (exact) mass is 324 g/mol. The number of alkyl halides is 3. The highest BCUT2D eigenvalue weighted by Crippen LogP contribution is 2.28. The molecule has 0 unspecified atom stereocenters. The Morgan fingerprint density at radius 3 is 2.14 bits per heavy atom. The number of ether oxygens (including phenoxy) is 2. The molecule has 0 heterocycles. The van der Waals surface area contributed by atoms with E-state index >= 15 is 0 Å². The molecule has 0 amide bonds. The van der Waals surface area contributed by atoms with E-state index in [1.54, 1.807) is 0 Å². The Labute approximate surface area is 119 Å². The van der Waals surface area contributed by atoms with E-state index in [2.05, 4.69) is 8.92 Å². The first kappa shape index (κ1) is 17.1. The Morgan fingerprint density at radius 2 is 1.71 bits per heavy atom. The summed E-state index contributed by atoms with van der Waals surface area (Å²) in [5, 5.41) is 0. The summed E-state index contributed by atoms with van der Waals surface area (Å²) in [6, 6.07) is 1.77. The minimum atomic E-state index is -5.94. The third-order valence-corrected chi connectivity index (χ3v) is 3.19. The fraction of sp³-hybridized carbons (Fsp3) is 0.300. The maximum atomic E-state index is 12.3. The molecular weight excluding hydrogens is 316 g/mol. The van der Waals surface area contributed by atoms with E-state index < -0.39 is 32.8 Å². The zero-order valence-electron chi connectivity index (χ0n) is 10.7. The van der Waals surface area contributed by atoms with Gasteiger partial charge in [0, 0.05) is 0 Å². The van der Waals surface area contributed by atoms with Gasteiger partial charge >= 0.3 is 21.6 Å². The van der Waals surface area contributed by atoms with Crippen LogP contribution in [0.25, 0.3) is 0 Å². The van der Waals surface area contributed by atoms with Gasteiger partial charge in [0.2, 0.25) is 0 Å². The summed E-state index contributed by atoms with van der Waals surface area (Å²) in [4.78, 5) is 11.4. The van der Waals surface area contributed by atoms with Crippen LogP contribution >= 0.6 is 0 Å². The average molecular weight is 324 g/mol. The van der Waals surface area contributed by atoms with Gasteiger partial charge in [0.15, 0.2) is 0 Å². The highest BCUT2D eigenvalue weighted by molar-refractivity contribution is 7.88. The Morgan fingerprint density at radius 1 is 1.19 bits per heavy atom. The Bertz CT molecular complexity index is 655. The van der Waals surface area contributed by atoms with E-state index in [1.165, 1.54) is 0 Å². The normalized spacial score (nSPS) is 11.9. The van der Waals surface area contributed by atoms with Crippen LogP contribution in [0.3, 0.4) is 0 Å². The fourth-order valence-electron chi connectivity index (χ4n) is 1.24. The van der Waals surface area contributed by atoms with Crippen molar-refractivity contribution in [2.24, 2.45) is 0 Å². The van der Waals surface area contributed by atoms with Crippen LogP contribution in [0.4, 0.5) is 13.2 Å². The predicted molar refractivity (Wildman–Crippen MR) is 65.3 cm³/mol. The molecule has 0 saturated heterocycles. The van der Waals surface area contributed by atoms with Gasteiger partial charge in [-0.25, -0.2) is 4.79 Å². The highest BCUT2D eigenvalue weighted by Gasteiger charge is 2.48. The van der Waals surface area contributed by atoms with E-state index in [-0.39, 0.29) is 11.3 Å². The van der Waals surface area contributed by atoms with Crippen molar-refractivity contribution in [3.05, 3.63) is 17.7 Å². The largest absolute Gasteiger partial charge is 0.534 e. The van der Waals surface area contributed by atoms with Crippen molar-refractivity contribution in [1.82, 2.24) is 0 Å². The number of benzene rings is 1. The van der Waals surface area contributed by atoms with Crippen LogP contribution in [0, 0.1) is 0 Å². The molecule has 0 aliphatic rings. The van der Waals surface area contributed by atoms with Gasteiger partial charge in [-0.3, -0.25) is 0 Å². The molecule has 0 aliphatic carbocycles. The average Bonchev–Trinajstić information content (AvgIpc) is 2.38. The Kier molecular flexibility index (Phi) is 4.77. The summed E-state index contributed by atoms with van der Waals surface area (Å²) in [7, 11) is 1.63. The fourth-order valence-corrected chi connectivity index (χ4v) is 1.71. The maximum Gasteiger partial charge on any atom is 0.534 e. The van der Waals surface area contributed by atoms with Gasteiger partial charge < -0.3 is 13.7 Å². The molecular formula is C10H8BF3O6S. The molecule has 0 spiro atoms. The smallest absolute Gasteiger partial charge is 0.497 e. The zero-order valence-corrected chi connectivity index (χ0v) is 11.5. The van der Waals surface area contributed by atoms with Crippen molar-refractivity contribution >= 4 is 29.4 Å². The maximum absolute atomic E-state index is 12.3. The molecule has 2 radical (unpaired) electrons. The van der Waals surface area contributed by atoms with Crippen LogP contribution in [0.2, 0.25) is 0 Å². The molecule has 21 heavy (non-hydrogen) atoms. The van der Waals surface area contributed by atoms with Gasteiger partial charge in [-0.1, -0.05) is 0 Å². The van der Waals surface area contributed by atoms with Crippen molar-refractivity contribution in [2.75, 3.05) is 14.2 Å². The van der Waals surface area contributed by atoms with Gasteiger partial charge in [-0.2, -0.15) is 21.6 Å². The minimum absolute atomic E-state index is 0.245. The second kappa shape index (κ2) is 5.84. The molecule has 0 N–H and O–H groups in total. The number of carbonyl (C=O) groups excluding carboxylic acids is 1. The van der Waals surface area contributed by atoms with E-state index in [4.69, 9.17) is 12.6 Å². The van der Waals surface area contributed by atoms with Crippen LogP contribution in [0.1, 0.15) is 10.4 Å². The molecule has 0 fully saturated rings. The quantitative estimate of drug-likeness (QED) is 0.347. The van der Waals surface area contributed by atoms with Gasteiger partial charge in [-0.15, -0.1) is 0 Å². The van der Waals surface area contributed by atoms with Gasteiger partial charge in [-0.05, 0) is 17.6 Å². The summed E-state index contributed by atoms with van der Waals surface area (Å²) < 4.78 is 71.8. The number of rotatable bonds is 4. The molecule has 11 heteroatoms. The lowest BCUT2D eigenvalue weighted by Gasteiger charge is -2.15. The molecule has 0 aromatic heterocycles. The van der Waals surface area contributed by atoms with Crippen molar-refractivity contribution in [1.29, 1.82) is 0 Å². The summed E-state index contributed by atoms with van der Waals surface area (Å²) >= 11 is 0. The topological polar surface area (TPSA) is 78.9 Å². The number of methoxy groups -OCH3 is 2.